The van der Waals surface area contributed by atoms with Crippen molar-refractivity contribution >= 4 is 0 Å². The van der Waals surface area contributed by atoms with Crippen molar-refractivity contribution < 1.29 is 9.53 Å². The highest BCUT2D eigenvalue weighted by atomic mass is 16.8. The van der Waals surface area contributed by atoms with Crippen molar-refractivity contribution in [3.63, 3.8) is 0 Å². The fourth-order valence-electron chi connectivity index (χ4n) is 3.37. The van der Waals surface area contributed by atoms with Crippen LogP contribution in [0.1, 0.15) is 50.9 Å². The number of hydrogen-bond donors (Lipinski definition) is 0. The zero-order chi connectivity index (χ0) is 10.1. The monoisotopic (exact) mass is 194 g/mol. The summed E-state index contributed by atoms with van der Waals surface area (Å²) >= 11 is 0. The minimum Gasteiger partial charge on any atom is -0.359 e. The Morgan fingerprint density at radius 3 is 2.86 bits per heavy atom. The summed E-state index contributed by atoms with van der Waals surface area (Å²) in [5, 5.41) is 15.4. The molecule has 2 aliphatic rings. The van der Waals surface area contributed by atoms with E-state index in [0.717, 1.165) is 24.2 Å². The fourth-order valence-corrected chi connectivity index (χ4v) is 3.37. The van der Waals surface area contributed by atoms with E-state index in [4.69, 9.17) is 0 Å². The van der Waals surface area contributed by atoms with Gasteiger partial charge in [0.25, 0.3) is 0 Å². The molecule has 4 nitrogen and oxygen atoms in total. The lowest BCUT2D eigenvalue weighted by molar-refractivity contribution is -0.810. The number of aromatic nitrogens is 2. The normalized spacial score (nSPS) is 37.5. The fraction of sp³-hybridized carbons (Fsp3) is 0.800. The van der Waals surface area contributed by atoms with Crippen molar-refractivity contribution in [1.82, 2.24) is 5.16 Å². The summed E-state index contributed by atoms with van der Waals surface area (Å²) in [4.78, 5) is 0.607. The predicted molar refractivity (Wildman–Crippen MR) is 48.6 cm³/mol. The van der Waals surface area contributed by atoms with Crippen molar-refractivity contribution in [2.45, 2.75) is 44.9 Å². The van der Waals surface area contributed by atoms with E-state index in [1.807, 2.05) is 0 Å². The van der Waals surface area contributed by atoms with Gasteiger partial charge in [0, 0.05) is 16.5 Å². The van der Waals surface area contributed by atoms with Gasteiger partial charge in [0.05, 0.1) is 0 Å². The van der Waals surface area contributed by atoms with Crippen molar-refractivity contribution in [3.05, 3.63) is 16.6 Å². The highest BCUT2D eigenvalue weighted by molar-refractivity contribution is 5.37. The van der Waals surface area contributed by atoms with Crippen molar-refractivity contribution in [2.75, 3.05) is 0 Å². The number of fused-ring (bicyclic) bond motifs is 5. The second-order valence-electron chi connectivity index (χ2n) is 5.31. The molecule has 0 unspecified atom stereocenters. The number of rotatable bonds is 0. The van der Waals surface area contributed by atoms with Crippen LogP contribution in [-0.4, -0.2) is 5.16 Å². The van der Waals surface area contributed by atoms with Gasteiger partial charge in [-0.3, -0.25) is 4.63 Å². The zero-order valence-corrected chi connectivity index (χ0v) is 8.70. The van der Waals surface area contributed by atoms with Crippen LogP contribution in [0, 0.1) is 10.6 Å². The summed E-state index contributed by atoms with van der Waals surface area (Å²) in [6.45, 7) is 6.61. The second kappa shape index (κ2) is 1.97. The molecule has 2 aliphatic carbocycles. The van der Waals surface area contributed by atoms with Gasteiger partial charge in [0.2, 0.25) is 11.4 Å². The molecule has 14 heavy (non-hydrogen) atoms. The maximum absolute atomic E-state index is 11.5. The maximum Gasteiger partial charge on any atom is 0.225 e. The van der Waals surface area contributed by atoms with E-state index >= 15 is 0 Å². The van der Waals surface area contributed by atoms with Crippen LogP contribution in [0.5, 0.6) is 0 Å². The Labute approximate surface area is 82.4 Å². The summed E-state index contributed by atoms with van der Waals surface area (Å²) in [7, 11) is 0. The van der Waals surface area contributed by atoms with Gasteiger partial charge >= 0.3 is 0 Å². The molecule has 0 aliphatic heterocycles. The first kappa shape index (κ1) is 8.26. The standard InChI is InChI=1S/C10H14N2O2/c1-9(2)6-4-5-10(9,3)8-7(6)11-14-12(8)13/h6H,4-5H2,1-3H3/t6-,10-/m1/s1. The van der Waals surface area contributed by atoms with Crippen LogP contribution in [0.3, 0.4) is 0 Å². The Bertz CT molecular complexity index is 410. The van der Waals surface area contributed by atoms with Crippen molar-refractivity contribution in [2.24, 2.45) is 5.41 Å². The van der Waals surface area contributed by atoms with E-state index in [0.29, 0.717) is 10.8 Å². The maximum atomic E-state index is 11.5. The molecule has 1 heterocycles. The van der Waals surface area contributed by atoms with Crippen molar-refractivity contribution in [3.8, 4) is 0 Å². The first-order valence-corrected chi connectivity index (χ1v) is 5.08. The van der Waals surface area contributed by atoms with Crippen LogP contribution < -0.4 is 4.90 Å². The Morgan fingerprint density at radius 2 is 2.21 bits per heavy atom. The third-order valence-electron chi connectivity index (χ3n) is 4.72. The van der Waals surface area contributed by atoms with Crippen LogP contribution in [0.4, 0.5) is 0 Å². The van der Waals surface area contributed by atoms with E-state index in [-0.39, 0.29) is 10.8 Å². The molecule has 2 bridgehead atoms. The van der Waals surface area contributed by atoms with Crippen LogP contribution in [0.25, 0.3) is 0 Å². The summed E-state index contributed by atoms with van der Waals surface area (Å²) in [5.41, 5.74) is 1.78. The van der Waals surface area contributed by atoms with Gasteiger partial charge in [-0.1, -0.05) is 20.8 Å². The molecule has 4 heteroatoms. The Morgan fingerprint density at radius 1 is 1.50 bits per heavy atom. The van der Waals surface area contributed by atoms with E-state index in [1.165, 1.54) is 0 Å². The first-order valence-electron chi connectivity index (χ1n) is 5.08. The number of nitrogens with zero attached hydrogens (tertiary/aromatic N) is 2. The molecule has 1 fully saturated rings. The first-order chi connectivity index (χ1) is 6.48. The van der Waals surface area contributed by atoms with Gasteiger partial charge in [0.15, 0.2) is 0 Å². The molecular weight excluding hydrogens is 180 g/mol. The predicted octanol–water partition coefficient (Wildman–Crippen LogP) is 1.48. The van der Waals surface area contributed by atoms with Gasteiger partial charge < -0.3 is 5.21 Å². The smallest absolute Gasteiger partial charge is 0.225 e. The Hall–Kier alpha value is -1.06. The molecule has 1 aromatic heterocycles. The molecule has 0 spiro atoms. The quantitative estimate of drug-likeness (QED) is 0.588. The minimum atomic E-state index is -0.0469. The molecule has 0 saturated heterocycles. The lowest BCUT2D eigenvalue weighted by Gasteiger charge is -2.32. The topological polar surface area (TPSA) is 53.0 Å². The van der Waals surface area contributed by atoms with E-state index in [9.17, 15) is 5.21 Å². The third-order valence-corrected chi connectivity index (χ3v) is 4.72. The summed E-state index contributed by atoms with van der Waals surface area (Å²) in [5.74, 6) is 0.404. The average Bonchev–Trinajstić information content (AvgIpc) is 2.62. The summed E-state index contributed by atoms with van der Waals surface area (Å²) in [6, 6.07) is 0. The molecule has 1 aromatic rings. The van der Waals surface area contributed by atoms with Crippen LogP contribution in [-0.2, 0) is 5.41 Å². The zero-order valence-electron chi connectivity index (χ0n) is 8.70. The average molecular weight is 194 g/mol. The highest BCUT2D eigenvalue weighted by Gasteiger charge is 2.66. The lowest BCUT2D eigenvalue weighted by atomic mass is 9.70. The van der Waals surface area contributed by atoms with E-state index in [2.05, 4.69) is 30.6 Å². The molecule has 76 valence electrons. The number of hydrogen-bond acceptors (Lipinski definition) is 3. The lowest BCUT2D eigenvalue weighted by Crippen LogP contribution is -2.41. The van der Waals surface area contributed by atoms with Gasteiger partial charge in [-0.15, -0.1) is 0 Å². The van der Waals surface area contributed by atoms with Crippen LogP contribution in [0.15, 0.2) is 4.63 Å². The molecule has 0 amide bonds. The van der Waals surface area contributed by atoms with Gasteiger partial charge in [-0.05, 0) is 23.2 Å². The molecule has 0 N–H and O–H groups in total. The molecular formula is C10H14N2O2. The third kappa shape index (κ3) is 0.586. The SMILES string of the molecule is CC1(C)[C@@H]2CC[C@]1(C)c1c2no[n+]1[O-]. The molecule has 1 saturated carbocycles. The van der Waals surface area contributed by atoms with Gasteiger partial charge in [-0.2, -0.15) is 0 Å². The summed E-state index contributed by atoms with van der Waals surface area (Å²) in [6.07, 6.45) is 2.20. The van der Waals surface area contributed by atoms with Gasteiger partial charge in [0.1, 0.15) is 0 Å². The minimum absolute atomic E-state index is 0.0469. The van der Waals surface area contributed by atoms with Crippen LogP contribution >= 0.6 is 0 Å². The van der Waals surface area contributed by atoms with E-state index < -0.39 is 0 Å². The molecule has 3 rings (SSSR count). The van der Waals surface area contributed by atoms with Crippen LogP contribution in [0.2, 0.25) is 0 Å². The summed E-state index contributed by atoms with van der Waals surface area (Å²) < 4.78 is 4.69. The second-order valence-corrected chi connectivity index (χ2v) is 5.31. The van der Waals surface area contributed by atoms with Gasteiger partial charge in [-0.25, -0.2) is 0 Å². The molecule has 0 aromatic carbocycles. The molecule has 2 atom stereocenters. The largest absolute Gasteiger partial charge is 0.359 e. The molecule has 0 radical (unpaired) electrons. The van der Waals surface area contributed by atoms with E-state index in [1.54, 1.807) is 0 Å². The highest BCUT2D eigenvalue weighted by Crippen LogP contribution is 2.66. The van der Waals surface area contributed by atoms with Crippen molar-refractivity contribution in [1.29, 1.82) is 0 Å². The Kier molecular flexibility index (Phi) is 1.16. The Balaban J connectivity index is 2.32.